The summed E-state index contributed by atoms with van der Waals surface area (Å²) < 4.78 is 16.5. The van der Waals surface area contributed by atoms with Crippen LogP contribution in [0.3, 0.4) is 0 Å². The van der Waals surface area contributed by atoms with Crippen LogP contribution in [0.25, 0.3) is 22.7 Å². The molecular weight excluding hydrogens is 674 g/mol. The van der Waals surface area contributed by atoms with Crippen LogP contribution in [0, 0.1) is 0 Å². The molecule has 1 aliphatic rings. The van der Waals surface area contributed by atoms with Gasteiger partial charge in [-0.15, -0.1) is 0 Å². The molecule has 0 fully saturated rings. The number of thiazole rings is 1. The molecule has 9 heteroatoms. The first kappa shape index (κ1) is 30.7. The molecule has 0 N–H and O–H groups in total. The van der Waals surface area contributed by atoms with Gasteiger partial charge in [-0.1, -0.05) is 100 Å². The molecule has 0 radical (unpaired) electrons. The average Bonchev–Trinajstić information content (AvgIpc) is 3.61. The Kier molecular flexibility index (Phi) is 8.49. The molecule has 0 unspecified atom stereocenters. The van der Waals surface area contributed by atoms with Gasteiger partial charge in [0.05, 0.1) is 35.6 Å². The van der Waals surface area contributed by atoms with Crippen LogP contribution in [0.15, 0.2) is 129 Å². The summed E-state index contributed by atoms with van der Waals surface area (Å²) in [6, 6.07) is 32.7. The quantitative estimate of drug-likeness (QED) is 0.165. The fraction of sp³-hybridized carbons (Fsp3) is 0.132. The molecule has 0 spiro atoms. The lowest BCUT2D eigenvalue weighted by molar-refractivity contribution is -0.138. The third kappa shape index (κ3) is 5.88. The molecule has 1 aliphatic heterocycles. The van der Waals surface area contributed by atoms with Gasteiger partial charge in [-0.2, -0.15) is 0 Å². The summed E-state index contributed by atoms with van der Waals surface area (Å²) in [6.07, 6.45) is 4.02. The van der Waals surface area contributed by atoms with Crippen molar-refractivity contribution in [3.8, 4) is 5.75 Å². The van der Waals surface area contributed by atoms with E-state index >= 15 is 0 Å². The van der Waals surface area contributed by atoms with Gasteiger partial charge in [0.15, 0.2) is 4.80 Å². The zero-order chi connectivity index (χ0) is 32.5. The molecule has 1 atom stereocenters. The van der Waals surface area contributed by atoms with Crippen molar-refractivity contribution in [1.82, 2.24) is 9.13 Å². The molecule has 0 amide bonds. The Labute approximate surface area is 283 Å². The first-order chi connectivity index (χ1) is 22.9. The van der Waals surface area contributed by atoms with Gasteiger partial charge in [-0.05, 0) is 54.5 Å². The monoisotopic (exact) mass is 703 g/mol. The summed E-state index contributed by atoms with van der Waals surface area (Å²) in [7, 11) is 1.59. The Balaban J connectivity index is 1.45. The molecule has 47 heavy (non-hydrogen) atoms. The minimum atomic E-state index is -0.781. The first-order valence-electron chi connectivity index (χ1n) is 15.2. The molecule has 0 saturated heterocycles. The van der Waals surface area contributed by atoms with Crippen LogP contribution >= 0.6 is 27.3 Å². The maximum Gasteiger partial charge on any atom is 0.338 e. The number of ether oxygens (including phenoxy) is 2. The molecule has 0 saturated carbocycles. The summed E-state index contributed by atoms with van der Waals surface area (Å²) in [5.74, 6) is 0.0953. The number of methoxy groups -OCH3 is 1. The van der Waals surface area contributed by atoms with Gasteiger partial charge in [0.1, 0.15) is 5.75 Å². The number of para-hydroxylation sites is 1. The van der Waals surface area contributed by atoms with E-state index in [2.05, 4.69) is 51.0 Å². The lowest BCUT2D eigenvalue weighted by Gasteiger charge is -2.26. The summed E-state index contributed by atoms with van der Waals surface area (Å²) >= 11 is 4.83. The number of hydrogen-bond acceptors (Lipinski definition) is 6. The van der Waals surface area contributed by atoms with E-state index in [-0.39, 0.29) is 12.2 Å². The third-order valence-corrected chi connectivity index (χ3v) is 9.67. The van der Waals surface area contributed by atoms with Crippen LogP contribution in [-0.2, 0) is 16.1 Å². The van der Waals surface area contributed by atoms with E-state index in [9.17, 15) is 9.59 Å². The highest BCUT2D eigenvalue weighted by Gasteiger charge is 2.35. The van der Waals surface area contributed by atoms with Gasteiger partial charge >= 0.3 is 5.97 Å². The predicted octanol–water partition coefficient (Wildman–Crippen LogP) is 6.71. The van der Waals surface area contributed by atoms with Crippen molar-refractivity contribution in [2.45, 2.75) is 19.5 Å². The second-order valence-corrected chi connectivity index (χ2v) is 13.0. The summed E-state index contributed by atoms with van der Waals surface area (Å²) in [5, 5.41) is 1.04. The van der Waals surface area contributed by atoms with E-state index in [1.54, 1.807) is 18.6 Å². The van der Waals surface area contributed by atoms with Crippen molar-refractivity contribution < 1.29 is 14.3 Å². The minimum Gasteiger partial charge on any atom is -0.497 e. The maximum atomic E-state index is 14.5. The Morgan fingerprint density at radius 1 is 0.979 bits per heavy atom. The SMILES string of the molecule is CCOC(=O)C1=C(c2ccccc2)N=c2s/c(=C/c3cn(Cc4ccc(Br)cc4)c4ccccc34)c(=O)n2[C@H]1c1cccc(OC)c1. The minimum absolute atomic E-state index is 0.184. The highest BCUT2D eigenvalue weighted by atomic mass is 79.9. The number of fused-ring (bicyclic) bond motifs is 2. The van der Waals surface area contributed by atoms with Gasteiger partial charge < -0.3 is 14.0 Å². The summed E-state index contributed by atoms with van der Waals surface area (Å²) in [4.78, 5) is 33.7. The molecule has 7 nitrogen and oxygen atoms in total. The third-order valence-electron chi connectivity index (χ3n) is 8.16. The Morgan fingerprint density at radius 3 is 2.51 bits per heavy atom. The van der Waals surface area contributed by atoms with E-state index in [4.69, 9.17) is 14.5 Å². The van der Waals surface area contributed by atoms with E-state index in [0.29, 0.717) is 32.9 Å². The molecule has 3 heterocycles. The Bertz CT molecular complexity index is 2340. The van der Waals surface area contributed by atoms with Crippen LogP contribution in [0.4, 0.5) is 0 Å². The van der Waals surface area contributed by atoms with Gasteiger partial charge in [0.2, 0.25) is 0 Å². The van der Waals surface area contributed by atoms with Crippen molar-refractivity contribution in [2.75, 3.05) is 13.7 Å². The molecule has 7 rings (SSSR count). The van der Waals surface area contributed by atoms with Crippen molar-refractivity contribution in [2.24, 2.45) is 4.99 Å². The number of aromatic nitrogens is 2. The van der Waals surface area contributed by atoms with Crippen molar-refractivity contribution >= 4 is 55.9 Å². The first-order valence-corrected chi connectivity index (χ1v) is 16.8. The van der Waals surface area contributed by atoms with Crippen LogP contribution in [0.2, 0.25) is 0 Å². The average molecular weight is 705 g/mol. The normalized spacial score (nSPS) is 14.6. The zero-order valence-electron chi connectivity index (χ0n) is 25.7. The number of halogens is 1. The Hall–Kier alpha value is -4.99. The Morgan fingerprint density at radius 2 is 1.74 bits per heavy atom. The zero-order valence-corrected chi connectivity index (χ0v) is 28.1. The number of nitrogens with zero attached hydrogens (tertiary/aromatic N) is 3. The molecule has 0 bridgehead atoms. The number of hydrogen-bond donors (Lipinski definition) is 0. The molecule has 2 aromatic heterocycles. The fourth-order valence-electron chi connectivity index (χ4n) is 6.02. The van der Waals surface area contributed by atoms with E-state index in [1.807, 2.05) is 84.9 Å². The maximum absolute atomic E-state index is 14.5. The second-order valence-electron chi connectivity index (χ2n) is 11.1. The molecular formula is C38H30BrN3O4S. The number of carbonyl (C=O) groups is 1. The van der Waals surface area contributed by atoms with E-state index < -0.39 is 12.0 Å². The molecule has 234 valence electrons. The molecule has 6 aromatic rings. The molecule has 4 aromatic carbocycles. The standard InChI is InChI=1S/C38H30BrN3O4S/c1-3-46-37(44)33-34(25-10-5-4-6-11-25)40-38-42(35(33)26-12-9-13-29(20-26)45-2)36(43)32(47-38)21-27-23-41(31-15-8-7-14-30(27)31)22-24-16-18-28(39)19-17-24/h4-21,23,35H,3,22H2,1-2H3/b32-21+/t35-/m0/s1. The van der Waals surface area contributed by atoms with Gasteiger partial charge in [-0.3, -0.25) is 9.36 Å². The lowest BCUT2D eigenvalue weighted by atomic mass is 9.93. The molecule has 0 aliphatic carbocycles. The van der Waals surface area contributed by atoms with Crippen LogP contribution < -0.4 is 19.6 Å². The number of carbonyl (C=O) groups excluding carboxylic acids is 1. The largest absolute Gasteiger partial charge is 0.497 e. The van der Waals surface area contributed by atoms with Gasteiger partial charge in [0.25, 0.3) is 5.56 Å². The predicted molar refractivity (Wildman–Crippen MR) is 189 cm³/mol. The fourth-order valence-corrected chi connectivity index (χ4v) is 7.27. The van der Waals surface area contributed by atoms with E-state index in [0.717, 1.165) is 37.6 Å². The van der Waals surface area contributed by atoms with Crippen LogP contribution in [-0.4, -0.2) is 28.8 Å². The summed E-state index contributed by atoms with van der Waals surface area (Å²) in [5.41, 5.74) is 5.19. The van der Waals surface area contributed by atoms with Crippen molar-refractivity contribution in [1.29, 1.82) is 0 Å². The number of benzene rings is 4. The topological polar surface area (TPSA) is 74.8 Å². The van der Waals surface area contributed by atoms with Gasteiger partial charge in [-0.25, -0.2) is 9.79 Å². The smallest absolute Gasteiger partial charge is 0.338 e. The van der Waals surface area contributed by atoms with Crippen molar-refractivity contribution in [3.63, 3.8) is 0 Å². The lowest BCUT2D eigenvalue weighted by Crippen LogP contribution is -2.40. The second kappa shape index (κ2) is 13.0. The summed E-state index contributed by atoms with van der Waals surface area (Å²) in [6.45, 7) is 2.63. The number of esters is 1. The highest BCUT2D eigenvalue weighted by Crippen LogP contribution is 2.36. The van der Waals surface area contributed by atoms with Crippen molar-refractivity contribution in [3.05, 3.63) is 161 Å². The number of rotatable bonds is 8. The highest BCUT2D eigenvalue weighted by molar-refractivity contribution is 9.10. The van der Waals surface area contributed by atoms with Crippen LogP contribution in [0.5, 0.6) is 5.75 Å². The van der Waals surface area contributed by atoms with Gasteiger partial charge in [0, 0.05) is 39.2 Å². The van der Waals surface area contributed by atoms with Crippen LogP contribution in [0.1, 0.15) is 35.2 Å². The van der Waals surface area contributed by atoms with E-state index in [1.165, 1.54) is 11.3 Å².